The van der Waals surface area contributed by atoms with Gasteiger partial charge in [-0.3, -0.25) is 10.1 Å². The third-order valence-electron chi connectivity index (χ3n) is 3.32. The number of thiazole rings is 1. The first-order valence-electron chi connectivity index (χ1n) is 6.94. The van der Waals surface area contributed by atoms with Gasteiger partial charge in [0.05, 0.1) is 5.69 Å². The predicted octanol–water partition coefficient (Wildman–Crippen LogP) is 4.97. The van der Waals surface area contributed by atoms with E-state index in [9.17, 15) is 5.11 Å². The van der Waals surface area contributed by atoms with Crippen LogP contribution >= 0.6 is 11.3 Å². The van der Waals surface area contributed by atoms with Crippen molar-refractivity contribution in [1.82, 2.24) is 9.97 Å². The van der Waals surface area contributed by atoms with Gasteiger partial charge in [-0.1, -0.05) is 13.3 Å². The summed E-state index contributed by atoms with van der Waals surface area (Å²) in [6, 6.07) is 8.84. The van der Waals surface area contributed by atoms with Crippen LogP contribution in [0.5, 0.6) is 5.75 Å². The lowest BCUT2D eigenvalue weighted by molar-refractivity contribution is 0.355. The molecule has 0 atom stereocenters. The van der Waals surface area contributed by atoms with Crippen molar-refractivity contribution in [2.24, 2.45) is 0 Å². The molecule has 0 aliphatic heterocycles. The number of nitrogens with zero attached hydrogens (tertiary/aromatic N) is 2. The van der Waals surface area contributed by atoms with E-state index < -0.39 is 0 Å². The van der Waals surface area contributed by atoms with Gasteiger partial charge in [-0.2, -0.15) is 0 Å². The van der Waals surface area contributed by atoms with Crippen LogP contribution in [0.3, 0.4) is 0 Å². The average Bonchev–Trinajstić information content (AvgIpc) is 2.99. The quantitative estimate of drug-likeness (QED) is 0.682. The first-order chi connectivity index (χ1) is 10.3. The number of rotatable bonds is 4. The Balaban J connectivity index is 1.97. The molecule has 0 spiro atoms. The van der Waals surface area contributed by atoms with Crippen LogP contribution in [0.25, 0.3) is 21.8 Å². The molecule has 0 saturated heterocycles. The second kappa shape index (κ2) is 6.06. The van der Waals surface area contributed by atoms with Crippen LogP contribution in [0.2, 0.25) is 0 Å². The largest absolute Gasteiger partial charge is 0.290 e. The molecule has 1 aromatic carbocycles. The van der Waals surface area contributed by atoms with Gasteiger partial charge in [0, 0.05) is 28.9 Å². The van der Waals surface area contributed by atoms with Crippen molar-refractivity contribution in [3.05, 3.63) is 53.7 Å². The molecule has 2 aromatic heterocycles. The lowest BCUT2D eigenvalue weighted by atomic mass is 10.1. The number of pyridine rings is 1. The molecular formula is C17H15N2OS. The summed E-state index contributed by atoms with van der Waals surface area (Å²) < 4.78 is 0. The van der Waals surface area contributed by atoms with Crippen molar-refractivity contribution in [3.63, 3.8) is 0 Å². The third-order valence-corrected chi connectivity index (χ3v) is 4.19. The number of aryl methyl sites for hydroxylation is 1. The van der Waals surface area contributed by atoms with E-state index in [1.165, 1.54) is 5.56 Å². The van der Waals surface area contributed by atoms with Gasteiger partial charge in [-0.05, 0) is 42.3 Å². The van der Waals surface area contributed by atoms with Crippen LogP contribution in [0.1, 0.15) is 18.9 Å². The Morgan fingerprint density at radius 3 is 2.71 bits per heavy atom. The van der Waals surface area contributed by atoms with Gasteiger partial charge in [-0.15, -0.1) is 11.3 Å². The van der Waals surface area contributed by atoms with Crippen LogP contribution in [0, 0.1) is 0 Å². The highest BCUT2D eigenvalue weighted by molar-refractivity contribution is 7.13. The summed E-state index contributed by atoms with van der Waals surface area (Å²) in [5, 5.41) is 14.2. The van der Waals surface area contributed by atoms with Gasteiger partial charge in [0.15, 0.2) is 5.75 Å². The van der Waals surface area contributed by atoms with Gasteiger partial charge in [0.1, 0.15) is 5.01 Å². The number of hydrogen-bond donors (Lipinski definition) is 0. The standard InChI is InChI=1S/C17H15N2OS/c1-2-3-12-8-9-18-10-15(12)17-19-16(11-21-17)13-4-6-14(20)7-5-13/h4-11H,2-3H2,1H3. The summed E-state index contributed by atoms with van der Waals surface area (Å²) in [6.45, 7) is 2.17. The predicted molar refractivity (Wildman–Crippen MR) is 84.9 cm³/mol. The summed E-state index contributed by atoms with van der Waals surface area (Å²) >= 11 is 1.61. The summed E-state index contributed by atoms with van der Waals surface area (Å²) in [7, 11) is 0. The minimum Gasteiger partial charge on any atom is -0.290 e. The fourth-order valence-corrected chi connectivity index (χ4v) is 3.13. The van der Waals surface area contributed by atoms with E-state index >= 15 is 0 Å². The minimum absolute atomic E-state index is 0.0201. The molecule has 3 aromatic rings. The zero-order valence-electron chi connectivity index (χ0n) is 11.7. The van der Waals surface area contributed by atoms with Crippen LogP contribution in [-0.2, 0) is 11.5 Å². The molecule has 0 aliphatic rings. The van der Waals surface area contributed by atoms with E-state index in [4.69, 9.17) is 4.98 Å². The molecule has 3 nitrogen and oxygen atoms in total. The fourth-order valence-electron chi connectivity index (χ4n) is 2.26. The van der Waals surface area contributed by atoms with Crippen LogP contribution in [-0.4, -0.2) is 9.97 Å². The van der Waals surface area contributed by atoms with E-state index in [1.807, 2.05) is 29.9 Å². The van der Waals surface area contributed by atoms with Crippen molar-refractivity contribution >= 4 is 11.3 Å². The van der Waals surface area contributed by atoms with Gasteiger partial charge < -0.3 is 0 Å². The van der Waals surface area contributed by atoms with Gasteiger partial charge >= 0.3 is 0 Å². The third kappa shape index (κ3) is 2.95. The molecule has 0 fully saturated rings. The van der Waals surface area contributed by atoms with E-state index in [1.54, 1.807) is 23.5 Å². The highest BCUT2D eigenvalue weighted by atomic mass is 32.1. The molecule has 0 saturated carbocycles. The average molecular weight is 295 g/mol. The Bertz CT molecular complexity index is 735. The molecule has 0 amide bonds. The van der Waals surface area contributed by atoms with Crippen LogP contribution < -0.4 is 0 Å². The number of benzene rings is 1. The maximum Gasteiger partial charge on any atom is 0.178 e. The summed E-state index contributed by atoms with van der Waals surface area (Å²) in [6.07, 6.45) is 5.84. The molecule has 3 rings (SSSR count). The molecule has 2 heterocycles. The van der Waals surface area contributed by atoms with Crippen molar-refractivity contribution < 1.29 is 5.11 Å². The van der Waals surface area contributed by atoms with E-state index in [0.717, 1.165) is 34.7 Å². The van der Waals surface area contributed by atoms with E-state index in [-0.39, 0.29) is 5.75 Å². The first kappa shape index (κ1) is 13.8. The summed E-state index contributed by atoms with van der Waals surface area (Å²) in [5.41, 5.74) is 4.26. The highest BCUT2D eigenvalue weighted by Crippen LogP contribution is 2.31. The van der Waals surface area contributed by atoms with Gasteiger partial charge in [0.25, 0.3) is 0 Å². The van der Waals surface area contributed by atoms with Gasteiger partial charge in [-0.25, -0.2) is 4.98 Å². The zero-order chi connectivity index (χ0) is 14.7. The Kier molecular flexibility index (Phi) is 3.97. The van der Waals surface area contributed by atoms with Gasteiger partial charge in [0.2, 0.25) is 0 Å². The topological polar surface area (TPSA) is 45.7 Å². The molecule has 0 aliphatic carbocycles. The Morgan fingerprint density at radius 2 is 1.95 bits per heavy atom. The monoisotopic (exact) mass is 295 g/mol. The second-order valence-electron chi connectivity index (χ2n) is 4.85. The van der Waals surface area contributed by atoms with Crippen LogP contribution in [0.4, 0.5) is 0 Å². The molecule has 105 valence electrons. The van der Waals surface area contributed by atoms with Crippen molar-refractivity contribution in [2.45, 2.75) is 19.8 Å². The maximum absolute atomic E-state index is 11.2. The smallest absolute Gasteiger partial charge is 0.178 e. The zero-order valence-corrected chi connectivity index (χ0v) is 12.6. The second-order valence-corrected chi connectivity index (χ2v) is 5.70. The minimum atomic E-state index is 0.0201. The normalized spacial score (nSPS) is 10.7. The lowest BCUT2D eigenvalue weighted by Crippen LogP contribution is -1.90. The highest BCUT2D eigenvalue weighted by Gasteiger charge is 2.10. The molecule has 21 heavy (non-hydrogen) atoms. The van der Waals surface area contributed by atoms with Crippen molar-refractivity contribution in [3.8, 4) is 27.6 Å². The molecular weight excluding hydrogens is 280 g/mol. The first-order valence-corrected chi connectivity index (χ1v) is 7.82. The van der Waals surface area contributed by atoms with E-state index in [0.29, 0.717) is 0 Å². The molecule has 0 unspecified atom stereocenters. The molecule has 1 radical (unpaired) electrons. The molecule has 0 bridgehead atoms. The molecule has 4 heteroatoms. The van der Waals surface area contributed by atoms with E-state index in [2.05, 4.69) is 18.0 Å². The Hall–Kier alpha value is -2.20. The summed E-state index contributed by atoms with van der Waals surface area (Å²) in [4.78, 5) is 8.92. The van der Waals surface area contributed by atoms with Crippen molar-refractivity contribution in [2.75, 3.05) is 0 Å². The molecule has 0 N–H and O–H groups in total. The SMILES string of the molecule is CCCc1ccncc1-c1nc(-c2ccc([O])cc2)cs1. The Morgan fingerprint density at radius 1 is 1.14 bits per heavy atom. The fraction of sp³-hybridized carbons (Fsp3) is 0.176. The number of aromatic nitrogens is 2. The summed E-state index contributed by atoms with van der Waals surface area (Å²) in [5.74, 6) is 0.0201. The van der Waals surface area contributed by atoms with Crippen LogP contribution in [0.15, 0.2) is 48.1 Å². The Labute approximate surface area is 128 Å². The number of hydrogen-bond acceptors (Lipinski definition) is 3. The van der Waals surface area contributed by atoms with Crippen molar-refractivity contribution in [1.29, 1.82) is 0 Å². The maximum atomic E-state index is 11.2. The lowest BCUT2D eigenvalue weighted by Gasteiger charge is -2.04.